The van der Waals surface area contributed by atoms with Gasteiger partial charge < -0.3 is 28.8 Å². The number of nitrogens with one attached hydrogen (secondary N) is 1. The predicted octanol–water partition coefficient (Wildman–Crippen LogP) is 11.8. The molecule has 0 aromatic heterocycles. The number of phosphoric acid groups is 1. The average Bonchev–Trinajstić information content (AvgIpc) is 3.13. The van der Waals surface area contributed by atoms with Crippen LogP contribution in [0.25, 0.3) is 0 Å². The first-order valence-electron chi connectivity index (χ1n) is 22.5. The van der Waals surface area contributed by atoms with Crippen LogP contribution < -0.4 is 10.2 Å². The summed E-state index contributed by atoms with van der Waals surface area (Å²) in [5.74, 6) is -0.206. The second kappa shape index (κ2) is 38.0. The molecule has 0 aliphatic carbocycles. The zero-order valence-electron chi connectivity index (χ0n) is 36.4. The number of aliphatic hydroxyl groups is 1. The summed E-state index contributed by atoms with van der Waals surface area (Å²) >= 11 is 0. The number of phosphoric ester groups is 1. The molecule has 0 aromatic carbocycles. The van der Waals surface area contributed by atoms with Crippen molar-refractivity contribution in [1.82, 2.24) is 5.32 Å². The molecule has 55 heavy (non-hydrogen) atoms. The Kier molecular flexibility index (Phi) is 36.9. The number of rotatable bonds is 40. The first-order valence-corrected chi connectivity index (χ1v) is 23.9. The fourth-order valence-electron chi connectivity index (χ4n) is 6.26. The monoisotopic (exact) mass is 795 g/mol. The molecule has 0 aliphatic rings. The van der Waals surface area contributed by atoms with Gasteiger partial charge in [-0.25, -0.2) is 0 Å². The maximum Gasteiger partial charge on any atom is 0.268 e. The van der Waals surface area contributed by atoms with Crippen LogP contribution in [0.2, 0.25) is 0 Å². The molecular formula is C46H87N2O6P. The smallest absolute Gasteiger partial charge is 0.268 e. The molecule has 0 rings (SSSR count). The Morgan fingerprint density at radius 2 is 1.11 bits per heavy atom. The summed E-state index contributed by atoms with van der Waals surface area (Å²) in [4.78, 5) is 25.3. The molecule has 9 heteroatoms. The molecule has 1 amide bonds. The van der Waals surface area contributed by atoms with Crippen molar-refractivity contribution in [2.24, 2.45) is 0 Å². The van der Waals surface area contributed by atoms with Gasteiger partial charge in [-0.3, -0.25) is 9.36 Å². The van der Waals surface area contributed by atoms with Crippen LogP contribution in [0.3, 0.4) is 0 Å². The Hall–Kier alpha value is -1.54. The molecule has 3 atom stereocenters. The highest BCUT2D eigenvalue weighted by Gasteiger charge is 2.24. The van der Waals surface area contributed by atoms with Crippen molar-refractivity contribution in [3.63, 3.8) is 0 Å². The highest BCUT2D eigenvalue weighted by Crippen LogP contribution is 2.38. The van der Waals surface area contributed by atoms with Crippen LogP contribution in [-0.4, -0.2) is 68.5 Å². The molecular weight excluding hydrogens is 707 g/mol. The molecule has 2 N–H and O–H groups in total. The number of nitrogens with zero attached hydrogens (tertiary/aromatic N) is 1. The van der Waals surface area contributed by atoms with Crippen molar-refractivity contribution in [1.29, 1.82) is 0 Å². The normalized spacial score (nSPS) is 14.8. The Labute approximate surface area is 339 Å². The molecule has 8 nitrogen and oxygen atoms in total. The standard InChI is InChI=1S/C46H87N2O6P/c1-6-8-10-12-14-16-18-20-22-23-24-26-27-29-31-33-35-37-39-45(49)44(43-54-55(51,52)53-42-41-48(3,4)5)47-46(50)40-38-36-34-32-30-28-25-21-19-17-15-13-11-9-7-2/h9,11,15,17,21,25,30,32,44-45,49H,6-8,10,12-14,16,18-20,22-24,26-29,31,33-43H2,1-5H3,(H-,47,50,51,52)/b11-9-,17-15-,25-21-,32-30-. The van der Waals surface area contributed by atoms with Gasteiger partial charge in [0.25, 0.3) is 7.82 Å². The van der Waals surface area contributed by atoms with E-state index < -0.39 is 20.0 Å². The highest BCUT2D eigenvalue weighted by atomic mass is 31.2. The van der Waals surface area contributed by atoms with E-state index >= 15 is 0 Å². The van der Waals surface area contributed by atoms with Crippen molar-refractivity contribution < 1.29 is 32.9 Å². The predicted molar refractivity (Wildman–Crippen MR) is 233 cm³/mol. The zero-order chi connectivity index (χ0) is 40.7. The van der Waals surface area contributed by atoms with Gasteiger partial charge in [0.2, 0.25) is 5.91 Å². The number of hydrogen-bond donors (Lipinski definition) is 2. The summed E-state index contributed by atoms with van der Waals surface area (Å²) in [5, 5.41) is 13.9. The number of hydrogen-bond acceptors (Lipinski definition) is 6. The van der Waals surface area contributed by atoms with Gasteiger partial charge in [-0.15, -0.1) is 0 Å². The number of quaternary nitrogens is 1. The van der Waals surface area contributed by atoms with Crippen molar-refractivity contribution in [3.05, 3.63) is 48.6 Å². The SMILES string of the molecule is CC/C=C\C/C=C\C/C=C\C/C=C\CCCCC(=O)NC(COP(=O)([O-])OCC[N+](C)(C)C)C(O)CCCCCCCCCCCCCCCCCCCC. The topological polar surface area (TPSA) is 108 Å². The van der Waals surface area contributed by atoms with Crippen LogP contribution >= 0.6 is 7.82 Å². The lowest BCUT2D eigenvalue weighted by atomic mass is 10.0. The first kappa shape index (κ1) is 53.5. The minimum Gasteiger partial charge on any atom is -0.756 e. The van der Waals surface area contributed by atoms with Gasteiger partial charge in [-0.1, -0.05) is 178 Å². The van der Waals surface area contributed by atoms with Crippen LogP contribution in [0.4, 0.5) is 0 Å². The lowest BCUT2D eigenvalue weighted by Crippen LogP contribution is -2.46. The molecule has 0 saturated heterocycles. The lowest BCUT2D eigenvalue weighted by molar-refractivity contribution is -0.870. The van der Waals surface area contributed by atoms with Crippen LogP contribution in [0, 0.1) is 0 Å². The maximum atomic E-state index is 12.8. The third kappa shape index (κ3) is 40.5. The minimum absolute atomic E-state index is 0.00242. The molecule has 0 bridgehead atoms. The van der Waals surface area contributed by atoms with Crippen LogP contribution in [0.15, 0.2) is 48.6 Å². The number of aliphatic hydroxyl groups excluding tert-OH is 1. The molecule has 0 spiro atoms. The number of allylic oxidation sites excluding steroid dienone is 8. The van der Waals surface area contributed by atoms with E-state index in [0.717, 1.165) is 57.8 Å². The van der Waals surface area contributed by atoms with Crippen molar-refractivity contribution >= 4 is 13.7 Å². The Morgan fingerprint density at radius 1 is 0.655 bits per heavy atom. The molecule has 3 unspecified atom stereocenters. The third-order valence-corrected chi connectivity index (χ3v) is 10.8. The second-order valence-corrected chi connectivity index (χ2v) is 17.8. The minimum atomic E-state index is -4.58. The largest absolute Gasteiger partial charge is 0.756 e. The Bertz CT molecular complexity index is 1040. The Balaban J connectivity index is 4.42. The summed E-state index contributed by atoms with van der Waals surface area (Å²) in [6, 6.07) is -0.822. The van der Waals surface area contributed by atoms with Gasteiger partial charge in [0, 0.05) is 6.42 Å². The number of unbranched alkanes of at least 4 members (excludes halogenated alkanes) is 19. The maximum absolute atomic E-state index is 12.8. The van der Waals surface area contributed by atoms with Gasteiger partial charge >= 0.3 is 0 Å². The molecule has 322 valence electrons. The van der Waals surface area contributed by atoms with Gasteiger partial charge in [0.15, 0.2) is 0 Å². The third-order valence-electron chi connectivity index (χ3n) is 9.83. The molecule has 0 radical (unpaired) electrons. The summed E-state index contributed by atoms with van der Waals surface area (Å²) < 4.78 is 23.2. The summed E-state index contributed by atoms with van der Waals surface area (Å²) in [6.07, 6.45) is 46.9. The summed E-state index contributed by atoms with van der Waals surface area (Å²) in [6.45, 7) is 4.57. The molecule has 0 aliphatic heterocycles. The lowest BCUT2D eigenvalue weighted by Gasteiger charge is -2.30. The number of carbonyl (C=O) groups is 1. The van der Waals surface area contributed by atoms with Gasteiger partial charge in [0.1, 0.15) is 13.2 Å². The van der Waals surface area contributed by atoms with Gasteiger partial charge in [0.05, 0.1) is 39.9 Å². The second-order valence-electron chi connectivity index (χ2n) is 16.4. The molecule has 0 heterocycles. The van der Waals surface area contributed by atoms with Crippen LogP contribution in [0.1, 0.15) is 187 Å². The Morgan fingerprint density at radius 3 is 1.58 bits per heavy atom. The number of amides is 1. The molecule has 0 saturated carbocycles. The van der Waals surface area contributed by atoms with E-state index in [4.69, 9.17) is 9.05 Å². The number of likely N-dealkylation sites (N-methyl/N-ethyl adjacent to an activating group) is 1. The first-order chi connectivity index (χ1) is 26.5. The van der Waals surface area contributed by atoms with E-state index in [0.29, 0.717) is 30.3 Å². The van der Waals surface area contributed by atoms with Crippen molar-refractivity contribution in [2.45, 2.75) is 199 Å². The van der Waals surface area contributed by atoms with Gasteiger partial charge in [-0.2, -0.15) is 0 Å². The highest BCUT2D eigenvalue weighted by molar-refractivity contribution is 7.45. The summed E-state index contributed by atoms with van der Waals surface area (Å²) in [7, 11) is 1.27. The molecule has 0 fully saturated rings. The van der Waals surface area contributed by atoms with E-state index in [-0.39, 0.29) is 19.1 Å². The zero-order valence-corrected chi connectivity index (χ0v) is 37.3. The molecule has 0 aromatic rings. The van der Waals surface area contributed by atoms with Crippen molar-refractivity contribution in [2.75, 3.05) is 40.9 Å². The fraction of sp³-hybridized carbons (Fsp3) is 0.804. The van der Waals surface area contributed by atoms with Crippen LogP contribution in [0.5, 0.6) is 0 Å². The van der Waals surface area contributed by atoms with E-state index in [1.807, 2.05) is 21.1 Å². The quantitative estimate of drug-likeness (QED) is 0.0277. The van der Waals surface area contributed by atoms with E-state index in [9.17, 15) is 19.4 Å². The van der Waals surface area contributed by atoms with Gasteiger partial charge in [-0.05, 0) is 51.4 Å². The van der Waals surface area contributed by atoms with E-state index in [2.05, 4.69) is 67.8 Å². The van der Waals surface area contributed by atoms with Crippen molar-refractivity contribution in [3.8, 4) is 0 Å². The number of carbonyl (C=O) groups excluding carboxylic acids is 1. The average molecular weight is 795 g/mol. The fourth-order valence-corrected chi connectivity index (χ4v) is 6.99. The summed E-state index contributed by atoms with van der Waals surface area (Å²) in [5.41, 5.74) is 0. The van der Waals surface area contributed by atoms with E-state index in [1.54, 1.807) is 0 Å². The van der Waals surface area contributed by atoms with Crippen LogP contribution in [-0.2, 0) is 18.4 Å². The van der Waals surface area contributed by atoms with E-state index in [1.165, 1.54) is 96.3 Å².